The summed E-state index contributed by atoms with van der Waals surface area (Å²) in [6.45, 7) is 1.01. The zero-order valence-corrected chi connectivity index (χ0v) is 23.5. The largest absolute Gasteiger partial charge is 0.493 e. The molecule has 1 aromatic heterocycles. The highest BCUT2D eigenvalue weighted by molar-refractivity contribution is 5.79. The number of carbonyl (C=O) groups is 1. The van der Waals surface area contributed by atoms with Crippen molar-refractivity contribution in [2.75, 3.05) is 27.8 Å². The van der Waals surface area contributed by atoms with Gasteiger partial charge < -0.3 is 23.7 Å². The van der Waals surface area contributed by atoms with E-state index in [-0.39, 0.29) is 23.2 Å². The van der Waals surface area contributed by atoms with Gasteiger partial charge in [-0.25, -0.2) is 0 Å². The van der Waals surface area contributed by atoms with E-state index in [2.05, 4.69) is 53.9 Å². The smallest absolute Gasteiger partial charge is 0.166 e. The normalized spacial score (nSPS) is 28.0. The molecule has 6 nitrogen and oxygen atoms in total. The first kappa shape index (κ1) is 24.9. The maximum Gasteiger partial charge on any atom is 0.166 e. The van der Waals surface area contributed by atoms with E-state index in [9.17, 15) is 4.79 Å². The van der Waals surface area contributed by atoms with Gasteiger partial charge in [-0.1, -0.05) is 36.4 Å². The second-order valence-electron chi connectivity index (χ2n) is 12.0. The van der Waals surface area contributed by atoms with Gasteiger partial charge in [0.25, 0.3) is 0 Å². The molecule has 2 aliphatic heterocycles. The topological polar surface area (TPSA) is 52.9 Å². The Kier molecular flexibility index (Phi) is 5.73. The van der Waals surface area contributed by atoms with Gasteiger partial charge in [-0.3, -0.25) is 4.79 Å². The molecule has 2 aromatic carbocycles. The van der Waals surface area contributed by atoms with Crippen molar-refractivity contribution in [2.24, 2.45) is 7.05 Å². The van der Waals surface area contributed by atoms with Gasteiger partial charge in [0.1, 0.15) is 11.4 Å². The fraction of sp³-hybridized carbons (Fsp3) is 0.485. The van der Waals surface area contributed by atoms with Crippen molar-refractivity contribution >= 4 is 5.78 Å². The lowest BCUT2D eigenvalue weighted by molar-refractivity contribution is -0.186. The van der Waals surface area contributed by atoms with Crippen LogP contribution in [-0.2, 0) is 47.7 Å². The summed E-state index contributed by atoms with van der Waals surface area (Å²) in [5.74, 6) is 2.02. The molecule has 0 unspecified atom stereocenters. The Morgan fingerprint density at radius 2 is 1.85 bits per heavy atom. The minimum Gasteiger partial charge on any atom is -0.493 e. The number of carbonyl (C=O) groups excluding carboxylic acids is 1. The molecule has 6 heteroatoms. The van der Waals surface area contributed by atoms with Crippen LogP contribution in [0.4, 0.5) is 0 Å². The number of ketones is 1. The van der Waals surface area contributed by atoms with Crippen LogP contribution in [-0.4, -0.2) is 54.7 Å². The Balaban J connectivity index is 1.25. The first-order chi connectivity index (χ1) is 18.9. The molecule has 7 rings (SSSR count). The van der Waals surface area contributed by atoms with E-state index < -0.39 is 0 Å². The van der Waals surface area contributed by atoms with Crippen molar-refractivity contribution in [1.82, 2.24) is 9.47 Å². The first-order valence-corrected chi connectivity index (χ1v) is 14.3. The van der Waals surface area contributed by atoms with E-state index in [1.54, 1.807) is 7.11 Å². The molecule has 4 atom stereocenters. The fourth-order valence-corrected chi connectivity index (χ4v) is 8.51. The number of aromatic nitrogens is 1. The van der Waals surface area contributed by atoms with E-state index >= 15 is 0 Å². The Morgan fingerprint density at radius 3 is 2.62 bits per heavy atom. The van der Waals surface area contributed by atoms with E-state index in [1.165, 1.54) is 33.6 Å². The van der Waals surface area contributed by atoms with Crippen molar-refractivity contribution in [1.29, 1.82) is 0 Å². The standard InChI is InChI=1S/C33H38N2O4/c1-34-17-16-32-28-22-11-15-26(37-3)30(28)39-31(32)29-23(20-33(32,38-4)27(34)19-22)18-24(35(29)2)12-14-25(36)13-10-21-8-6-5-7-9-21/h5-9,11,15,18,27,31H,10,12-14,16-17,19-20H2,1-4H3/t27-,31-,32-,33+/m0/s1. The molecule has 39 heavy (non-hydrogen) atoms. The quantitative estimate of drug-likeness (QED) is 0.424. The number of rotatable bonds is 8. The number of methoxy groups -OCH3 is 2. The highest BCUT2D eigenvalue weighted by Gasteiger charge is 2.73. The van der Waals surface area contributed by atoms with Crippen molar-refractivity contribution in [3.8, 4) is 11.5 Å². The van der Waals surface area contributed by atoms with Gasteiger partial charge in [0, 0.05) is 50.7 Å². The van der Waals surface area contributed by atoms with Crippen LogP contribution < -0.4 is 9.47 Å². The van der Waals surface area contributed by atoms with E-state index in [1.807, 2.05) is 25.3 Å². The van der Waals surface area contributed by atoms with Crippen LogP contribution in [0, 0.1) is 0 Å². The molecular weight excluding hydrogens is 488 g/mol. The Morgan fingerprint density at radius 1 is 1.05 bits per heavy atom. The van der Waals surface area contributed by atoms with Crippen LogP contribution in [0.2, 0.25) is 0 Å². The number of hydrogen-bond donors (Lipinski definition) is 0. The molecule has 0 radical (unpaired) electrons. The van der Waals surface area contributed by atoms with Gasteiger partial charge in [0.05, 0.1) is 18.2 Å². The number of hydrogen-bond acceptors (Lipinski definition) is 5. The Hall–Kier alpha value is -3.09. The summed E-state index contributed by atoms with van der Waals surface area (Å²) in [5.41, 5.74) is 6.97. The molecule has 2 aliphatic carbocycles. The predicted octanol–water partition coefficient (Wildman–Crippen LogP) is 4.74. The number of fused-ring (bicyclic) bond motifs is 2. The third-order valence-corrected chi connectivity index (χ3v) is 10.4. The molecule has 3 heterocycles. The molecule has 0 N–H and O–H groups in total. The minimum atomic E-state index is -0.383. The van der Waals surface area contributed by atoms with E-state index in [0.29, 0.717) is 18.6 Å². The lowest BCUT2D eigenvalue weighted by Crippen LogP contribution is -2.74. The maximum absolute atomic E-state index is 12.9. The third kappa shape index (κ3) is 3.31. The summed E-state index contributed by atoms with van der Waals surface area (Å²) in [6, 6.07) is 17.2. The molecule has 0 amide bonds. The lowest BCUT2D eigenvalue weighted by atomic mass is 9.49. The summed E-state index contributed by atoms with van der Waals surface area (Å²) in [5, 5.41) is 0. The third-order valence-electron chi connectivity index (χ3n) is 10.4. The average molecular weight is 527 g/mol. The highest BCUT2D eigenvalue weighted by atomic mass is 16.5. The number of ether oxygens (including phenoxy) is 3. The van der Waals surface area contributed by atoms with Gasteiger partial charge in [0.2, 0.25) is 0 Å². The number of aryl methyl sites for hydroxylation is 2. The van der Waals surface area contributed by atoms with Crippen molar-refractivity contribution in [2.45, 2.75) is 68.1 Å². The SMILES string of the molecule is COc1ccc2c3c1O[C@H]1c4c(cc(CCC(=O)CCc5ccccc5)n4C)C[C@@]4(OC)[C@H](C2)N(C)CC[C@]314. The van der Waals surface area contributed by atoms with Gasteiger partial charge >= 0.3 is 0 Å². The van der Waals surface area contributed by atoms with Gasteiger partial charge in [-0.05, 0) is 68.1 Å². The zero-order chi connectivity index (χ0) is 26.9. The van der Waals surface area contributed by atoms with Crippen LogP contribution in [0.5, 0.6) is 11.5 Å². The molecular formula is C33H38N2O4. The summed E-state index contributed by atoms with van der Waals surface area (Å²) >= 11 is 0. The Labute approximate surface area is 230 Å². The zero-order valence-electron chi connectivity index (χ0n) is 23.5. The number of likely N-dealkylation sites (tertiary alicyclic amines) is 1. The number of Topliss-reactive ketones (excluding diaryl/α,β-unsaturated/α-hetero) is 1. The first-order valence-electron chi connectivity index (χ1n) is 14.3. The molecule has 4 aliphatic rings. The van der Waals surface area contributed by atoms with Crippen molar-refractivity contribution in [3.63, 3.8) is 0 Å². The molecule has 1 spiro atoms. The summed E-state index contributed by atoms with van der Waals surface area (Å²) < 4.78 is 21.8. The van der Waals surface area contributed by atoms with E-state index in [0.717, 1.165) is 50.1 Å². The fourth-order valence-electron chi connectivity index (χ4n) is 8.51. The molecule has 1 saturated heterocycles. The van der Waals surface area contributed by atoms with Crippen LogP contribution >= 0.6 is 0 Å². The van der Waals surface area contributed by atoms with Crippen LogP contribution in [0.1, 0.15) is 59.0 Å². The van der Waals surface area contributed by atoms with Crippen LogP contribution in [0.25, 0.3) is 0 Å². The molecule has 2 bridgehead atoms. The molecule has 1 fully saturated rings. The highest BCUT2D eigenvalue weighted by Crippen LogP contribution is 2.69. The maximum atomic E-state index is 12.9. The summed E-state index contributed by atoms with van der Waals surface area (Å²) in [7, 11) is 8.02. The van der Waals surface area contributed by atoms with Crippen molar-refractivity contribution in [3.05, 3.63) is 82.2 Å². The average Bonchev–Trinajstić information content (AvgIpc) is 3.46. The second-order valence-corrected chi connectivity index (χ2v) is 12.0. The summed E-state index contributed by atoms with van der Waals surface area (Å²) in [6.07, 6.45) is 5.30. The van der Waals surface area contributed by atoms with Gasteiger partial charge in [-0.15, -0.1) is 0 Å². The van der Waals surface area contributed by atoms with E-state index in [4.69, 9.17) is 14.2 Å². The Bertz CT molecular complexity index is 1450. The number of benzene rings is 2. The minimum absolute atomic E-state index is 0.143. The van der Waals surface area contributed by atoms with Crippen molar-refractivity contribution < 1.29 is 19.0 Å². The second kappa shape index (κ2) is 8.97. The van der Waals surface area contributed by atoms with Crippen LogP contribution in [0.3, 0.4) is 0 Å². The monoisotopic (exact) mass is 526 g/mol. The van der Waals surface area contributed by atoms with Gasteiger partial charge in [0.15, 0.2) is 17.6 Å². The number of piperidine rings is 1. The summed E-state index contributed by atoms with van der Waals surface area (Å²) in [4.78, 5) is 15.4. The number of nitrogens with zero attached hydrogens (tertiary/aromatic N) is 2. The molecule has 204 valence electrons. The van der Waals surface area contributed by atoms with Gasteiger partial charge in [-0.2, -0.15) is 0 Å². The molecule has 3 aromatic rings. The van der Waals surface area contributed by atoms with Crippen LogP contribution in [0.15, 0.2) is 48.5 Å². The lowest BCUT2D eigenvalue weighted by Gasteiger charge is -2.63. The predicted molar refractivity (Wildman–Crippen MR) is 150 cm³/mol. The molecule has 0 saturated carbocycles. The number of likely N-dealkylation sites (N-methyl/N-ethyl adjacent to an activating group) is 1.